The van der Waals surface area contributed by atoms with Crippen LogP contribution in [0.15, 0.2) is 0 Å². The fraction of sp³-hybridized carbons (Fsp3) is 1.00. The van der Waals surface area contributed by atoms with Crippen molar-refractivity contribution in [2.24, 2.45) is 11.7 Å². The lowest BCUT2D eigenvalue weighted by atomic mass is 10.0. The molecule has 0 amide bonds. The molecule has 3 heteroatoms. The summed E-state index contributed by atoms with van der Waals surface area (Å²) in [4.78, 5) is 0. The Morgan fingerprint density at radius 3 is 2.38 bits per heavy atom. The van der Waals surface area contributed by atoms with Gasteiger partial charge in [0.05, 0.1) is 0 Å². The van der Waals surface area contributed by atoms with Crippen LogP contribution >= 0.6 is 11.8 Å². The average molecular weight is 205 g/mol. The number of thioether (sulfide) groups is 1. The highest BCUT2D eigenvalue weighted by Gasteiger charge is 2.12. The van der Waals surface area contributed by atoms with E-state index in [2.05, 4.69) is 20.8 Å². The fourth-order valence-corrected chi connectivity index (χ4v) is 1.92. The van der Waals surface area contributed by atoms with Crippen LogP contribution < -0.4 is 5.73 Å². The van der Waals surface area contributed by atoms with E-state index >= 15 is 0 Å². The molecule has 2 N–H and O–H groups in total. The highest BCUT2D eigenvalue weighted by molar-refractivity contribution is 7.99. The lowest BCUT2D eigenvalue weighted by Crippen LogP contribution is -2.31. The molecule has 0 aliphatic rings. The van der Waals surface area contributed by atoms with E-state index in [-0.39, 0.29) is 0 Å². The van der Waals surface area contributed by atoms with E-state index in [1.807, 2.05) is 11.8 Å². The van der Waals surface area contributed by atoms with E-state index in [0.29, 0.717) is 17.2 Å². The van der Waals surface area contributed by atoms with Gasteiger partial charge in [0.25, 0.3) is 0 Å². The predicted molar refractivity (Wildman–Crippen MR) is 61.2 cm³/mol. The van der Waals surface area contributed by atoms with Gasteiger partial charge >= 0.3 is 0 Å². The van der Waals surface area contributed by atoms with Gasteiger partial charge in [-0.05, 0) is 17.6 Å². The van der Waals surface area contributed by atoms with Crippen molar-refractivity contribution in [1.82, 2.24) is 0 Å². The minimum absolute atomic E-state index is 0.308. The molecule has 0 aliphatic heterocycles. The Labute approximate surface area is 86.6 Å². The van der Waals surface area contributed by atoms with Crippen molar-refractivity contribution in [3.63, 3.8) is 0 Å². The van der Waals surface area contributed by atoms with E-state index in [0.717, 1.165) is 18.8 Å². The zero-order valence-electron chi connectivity index (χ0n) is 9.25. The first-order chi connectivity index (χ1) is 6.07. The third-order valence-corrected chi connectivity index (χ3v) is 3.37. The molecular formula is C10H23NOS. The molecule has 0 saturated carbocycles. The van der Waals surface area contributed by atoms with Gasteiger partial charge < -0.3 is 10.5 Å². The van der Waals surface area contributed by atoms with Gasteiger partial charge in [-0.1, -0.05) is 20.8 Å². The first kappa shape index (κ1) is 13.3. The van der Waals surface area contributed by atoms with E-state index in [1.54, 1.807) is 7.11 Å². The largest absolute Gasteiger partial charge is 0.385 e. The maximum Gasteiger partial charge on any atom is 0.0465 e. The minimum atomic E-state index is 0.308. The van der Waals surface area contributed by atoms with Crippen molar-refractivity contribution in [3.05, 3.63) is 0 Å². The molecule has 13 heavy (non-hydrogen) atoms. The monoisotopic (exact) mass is 205 g/mol. The molecule has 2 nitrogen and oxygen atoms in total. The van der Waals surface area contributed by atoms with Crippen molar-refractivity contribution in [3.8, 4) is 0 Å². The van der Waals surface area contributed by atoms with E-state index in [9.17, 15) is 0 Å². The predicted octanol–water partition coefficient (Wildman–Crippen LogP) is 2.13. The Bertz CT molecular complexity index is 119. The molecule has 0 fully saturated rings. The van der Waals surface area contributed by atoms with Crippen LogP contribution in [0.4, 0.5) is 0 Å². The lowest BCUT2D eigenvalue weighted by molar-refractivity contribution is 0.176. The van der Waals surface area contributed by atoms with Gasteiger partial charge in [0.2, 0.25) is 0 Å². The summed E-state index contributed by atoms with van der Waals surface area (Å²) in [5, 5.41) is 0.681. The number of hydrogen-bond donors (Lipinski definition) is 1. The Hall–Kier alpha value is 0.270. The number of hydrogen-bond acceptors (Lipinski definition) is 3. The van der Waals surface area contributed by atoms with Gasteiger partial charge in [-0.25, -0.2) is 0 Å². The third-order valence-electron chi connectivity index (χ3n) is 2.13. The molecule has 0 aromatic heterocycles. The average Bonchev–Trinajstić information content (AvgIpc) is 2.10. The Balaban J connectivity index is 3.50. The second-order valence-corrected chi connectivity index (χ2v) is 5.41. The molecule has 0 radical (unpaired) electrons. The Kier molecular flexibility index (Phi) is 7.81. The van der Waals surface area contributed by atoms with Crippen LogP contribution in [0.25, 0.3) is 0 Å². The van der Waals surface area contributed by atoms with Crippen molar-refractivity contribution < 1.29 is 4.74 Å². The molecule has 0 aromatic rings. The van der Waals surface area contributed by atoms with E-state index in [1.165, 1.54) is 0 Å². The van der Waals surface area contributed by atoms with E-state index in [4.69, 9.17) is 10.5 Å². The van der Waals surface area contributed by atoms with Crippen LogP contribution in [-0.4, -0.2) is 30.8 Å². The van der Waals surface area contributed by atoms with Gasteiger partial charge in [0.1, 0.15) is 0 Å². The van der Waals surface area contributed by atoms with Crippen LogP contribution in [0.1, 0.15) is 27.2 Å². The number of rotatable bonds is 7. The zero-order valence-corrected chi connectivity index (χ0v) is 10.1. The second kappa shape index (κ2) is 7.65. The number of ether oxygens (including phenoxy) is 1. The summed E-state index contributed by atoms with van der Waals surface area (Å²) in [7, 11) is 1.74. The summed E-state index contributed by atoms with van der Waals surface area (Å²) in [5.41, 5.74) is 6.03. The van der Waals surface area contributed by atoms with Crippen LogP contribution in [0.5, 0.6) is 0 Å². The molecule has 0 heterocycles. The standard InChI is InChI=1S/C10H23NOS/c1-8(2)13-7-10(11)9(3)5-6-12-4/h8-10H,5-7,11H2,1-4H3. The van der Waals surface area contributed by atoms with Crippen LogP contribution in [0, 0.1) is 5.92 Å². The third kappa shape index (κ3) is 7.35. The van der Waals surface area contributed by atoms with Crippen molar-refractivity contribution in [1.29, 1.82) is 0 Å². The molecule has 2 atom stereocenters. The van der Waals surface area contributed by atoms with Crippen LogP contribution in [-0.2, 0) is 4.74 Å². The molecule has 0 bridgehead atoms. The van der Waals surface area contributed by atoms with Gasteiger partial charge in [-0.15, -0.1) is 0 Å². The molecule has 0 saturated heterocycles. The smallest absolute Gasteiger partial charge is 0.0465 e. The normalized spacial score (nSPS) is 16.2. The highest BCUT2D eigenvalue weighted by atomic mass is 32.2. The molecule has 0 aromatic carbocycles. The first-order valence-electron chi connectivity index (χ1n) is 4.94. The summed E-state index contributed by atoms with van der Waals surface area (Å²) < 4.78 is 5.03. The quantitative estimate of drug-likeness (QED) is 0.691. The maximum atomic E-state index is 6.03. The molecule has 0 aliphatic carbocycles. The van der Waals surface area contributed by atoms with Gasteiger partial charge in [-0.3, -0.25) is 0 Å². The topological polar surface area (TPSA) is 35.2 Å². The van der Waals surface area contributed by atoms with Crippen LogP contribution in [0.3, 0.4) is 0 Å². The number of methoxy groups -OCH3 is 1. The summed E-state index contributed by atoms with van der Waals surface area (Å²) in [5.74, 6) is 1.62. The van der Waals surface area contributed by atoms with Crippen molar-refractivity contribution in [2.75, 3.05) is 19.5 Å². The Morgan fingerprint density at radius 2 is 1.92 bits per heavy atom. The van der Waals surface area contributed by atoms with E-state index < -0.39 is 0 Å². The fourth-order valence-electron chi connectivity index (χ4n) is 0.986. The van der Waals surface area contributed by atoms with Gasteiger partial charge in [0.15, 0.2) is 0 Å². The molecular weight excluding hydrogens is 182 g/mol. The zero-order chi connectivity index (χ0) is 10.3. The van der Waals surface area contributed by atoms with Crippen LogP contribution in [0.2, 0.25) is 0 Å². The number of nitrogens with two attached hydrogens (primary N) is 1. The van der Waals surface area contributed by atoms with Gasteiger partial charge in [0, 0.05) is 25.5 Å². The highest BCUT2D eigenvalue weighted by Crippen LogP contribution is 2.15. The molecule has 80 valence electrons. The lowest BCUT2D eigenvalue weighted by Gasteiger charge is -2.19. The minimum Gasteiger partial charge on any atom is -0.385 e. The molecule has 0 rings (SSSR count). The Morgan fingerprint density at radius 1 is 1.31 bits per heavy atom. The summed E-state index contributed by atoms with van der Waals surface area (Å²) in [6.07, 6.45) is 1.07. The summed E-state index contributed by atoms with van der Waals surface area (Å²) >= 11 is 1.94. The van der Waals surface area contributed by atoms with Crippen molar-refractivity contribution >= 4 is 11.8 Å². The molecule has 2 unspecified atom stereocenters. The molecule has 0 spiro atoms. The first-order valence-corrected chi connectivity index (χ1v) is 5.99. The second-order valence-electron chi connectivity index (χ2n) is 3.80. The summed E-state index contributed by atoms with van der Waals surface area (Å²) in [6.45, 7) is 7.43. The maximum absolute atomic E-state index is 6.03. The SMILES string of the molecule is COCCC(C)C(N)CSC(C)C. The van der Waals surface area contributed by atoms with Crippen molar-refractivity contribution in [2.45, 2.75) is 38.5 Å². The summed E-state index contributed by atoms with van der Waals surface area (Å²) in [6, 6.07) is 0.308. The van der Waals surface area contributed by atoms with Gasteiger partial charge in [-0.2, -0.15) is 11.8 Å².